The van der Waals surface area contributed by atoms with E-state index in [1.54, 1.807) is 12.1 Å². The van der Waals surface area contributed by atoms with Crippen LogP contribution in [0.2, 0.25) is 0 Å². The maximum absolute atomic E-state index is 12.2. The first-order valence-corrected chi connectivity index (χ1v) is 3.80. The first-order valence-electron chi connectivity index (χ1n) is 3.80. The molecule has 0 aromatic heterocycles. The number of benzene rings is 1. The van der Waals surface area contributed by atoms with E-state index in [-0.39, 0.29) is 18.0 Å². The third-order valence-electron chi connectivity index (χ3n) is 1.76. The lowest BCUT2D eigenvalue weighted by Gasteiger charge is -2.09. The van der Waals surface area contributed by atoms with E-state index in [1.165, 1.54) is 12.1 Å². The van der Waals surface area contributed by atoms with E-state index in [0.717, 1.165) is 0 Å². The number of halogens is 2. The van der Waals surface area contributed by atoms with Crippen molar-refractivity contribution in [2.45, 2.75) is 6.04 Å². The molecule has 1 aromatic rings. The van der Waals surface area contributed by atoms with Gasteiger partial charge in [0.05, 0.1) is 11.6 Å². The Morgan fingerprint density at radius 1 is 1.50 bits per heavy atom. The van der Waals surface area contributed by atoms with Crippen LogP contribution in [0.15, 0.2) is 24.3 Å². The van der Waals surface area contributed by atoms with Crippen LogP contribution in [0.3, 0.4) is 0 Å². The zero-order valence-corrected chi connectivity index (χ0v) is 8.13. The number of hydrogen-bond acceptors (Lipinski definition) is 2. The van der Waals surface area contributed by atoms with E-state index in [9.17, 15) is 9.18 Å². The fourth-order valence-electron chi connectivity index (χ4n) is 1.10. The second kappa shape index (κ2) is 5.57. The summed E-state index contributed by atoms with van der Waals surface area (Å²) in [5.41, 5.74) is 5.79. The first kappa shape index (κ1) is 12.9. The Kier molecular flexibility index (Phi) is 5.12. The minimum Gasteiger partial charge on any atom is -0.478 e. The summed E-state index contributed by atoms with van der Waals surface area (Å²) in [6.07, 6.45) is 0. The molecule has 14 heavy (non-hydrogen) atoms. The fourth-order valence-corrected chi connectivity index (χ4v) is 1.10. The van der Waals surface area contributed by atoms with E-state index in [0.29, 0.717) is 5.56 Å². The lowest BCUT2D eigenvalue weighted by atomic mass is 10.0. The van der Waals surface area contributed by atoms with Crippen molar-refractivity contribution in [1.82, 2.24) is 0 Å². The molecule has 0 unspecified atom stereocenters. The van der Waals surface area contributed by atoms with E-state index in [4.69, 9.17) is 10.8 Å². The number of rotatable bonds is 3. The van der Waals surface area contributed by atoms with Gasteiger partial charge in [-0.2, -0.15) is 0 Å². The van der Waals surface area contributed by atoms with E-state index in [2.05, 4.69) is 0 Å². The Morgan fingerprint density at radius 3 is 2.57 bits per heavy atom. The molecular weight excluding hydrogens is 209 g/mol. The zero-order valence-electron chi connectivity index (χ0n) is 7.31. The van der Waals surface area contributed by atoms with Crippen molar-refractivity contribution in [3.8, 4) is 0 Å². The van der Waals surface area contributed by atoms with E-state index < -0.39 is 18.7 Å². The molecule has 0 aliphatic heterocycles. The van der Waals surface area contributed by atoms with Gasteiger partial charge < -0.3 is 10.8 Å². The van der Waals surface area contributed by atoms with Crippen LogP contribution in [0, 0.1) is 0 Å². The predicted octanol–water partition coefficient (Wildman–Crippen LogP) is 1.78. The number of alkyl halides is 1. The van der Waals surface area contributed by atoms with Gasteiger partial charge in [0.1, 0.15) is 6.67 Å². The van der Waals surface area contributed by atoms with Crippen LogP contribution in [-0.2, 0) is 0 Å². The smallest absolute Gasteiger partial charge is 0.336 e. The van der Waals surface area contributed by atoms with Crippen molar-refractivity contribution >= 4 is 18.4 Å². The van der Waals surface area contributed by atoms with Gasteiger partial charge >= 0.3 is 5.97 Å². The Hall–Kier alpha value is -1.13. The van der Waals surface area contributed by atoms with Gasteiger partial charge in [-0.05, 0) is 11.6 Å². The van der Waals surface area contributed by atoms with Crippen LogP contribution in [0.5, 0.6) is 0 Å². The number of carbonyl (C=O) groups is 1. The van der Waals surface area contributed by atoms with Crippen LogP contribution in [-0.4, -0.2) is 17.8 Å². The monoisotopic (exact) mass is 219 g/mol. The Labute approximate surface area is 87.1 Å². The van der Waals surface area contributed by atoms with Crippen LogP contribution >= 0.6 is 12.4 Å². The normalized spacial score (nSPS) is 11.6. The largest absolute Gasteiger partial charge is 0.478 e. The molecule has 0 spiro atoms. The summed E-state index contributed by atoms with van der Waals surface area (Å²) in [6, 6.07) is 5.29. The SMILES string of the molecule is Cl.N[C@@H](CF)c1ccccc1C(=O)O. The first-order chi connectivity index (χ1) is 6.16. The second-order valence-corrected chi connectivity index (χ2v) is 2.65. The van der Waals surface area contributed by atoms with Gasteiger partial charge in [-0.25, -0.2) is 9.18 Å². The molecule has 3 nitrogen and oxygen atoms in total. The molecular formula is C9H11ClFNO2. The minimum atomic E-state index is -1.08. The van der Waals surface area contributed by atoms with Crippen LogP contribution < -0.4 is 5.73 Å². The summed E-state index contributed by atoms with van der Waals surface area (Å²) in [5, 5.41) is 8.73. The summed E-state index contributed by atoms with van der Waals surface area (Å²) < 4.78 is 12.2. The number of nitrogens with two attached hydrogens (primary N) is 1. The minimum absolute atomic E-state index is 0. The maximum atomic E-state index is 12.2. The Bertz CT molecular complexity index is 319. The van der Waals surface area contributed by atoms with Crippen molar-refractivity contribution in [3.63, 3.8) is 0 Å². The highest BCUT2D eigenvalue weighted by Crippen LogP contribution is 2.16. The molecule has 0 heterocycles. The quantitative estimate of drug-likeness (QED) is 0.815. The van der Waals surface area contributed by atoms with Gasteiger partial charge in [0.25, 0.3) is 0 Å². The van der Waals surface area contributed by atoms with Gasteiger partial charge in [0.15, 0.2) is 0 Å². The van der Waals surface area contributed by atoms with Crippen molar-refractivity contribution in [1.29, 1.82) is 0 Å². The summed E-state index contributed by atoms with van der Waals surface area (Å²) >= 11 is 0. The summed E-state index contributed by atoms with van der Waals surface area (Å²) in [6.45, 7) is -0.760. The third-order valence-corrected chi connectivity index (χ3v) is 1.76. The molecule has 0 fully saturated rings. The van der Waals surface area contributed by atoms with Crippen molar-refractivity contribution in [2.75, 3.05) is 6.67 Å². The van der Waals surface area contributed by atoms with Crippen molar-refractivity contribution in [3.05, 3.63) is 35.4 Å². The Morgan fingerprint density at radius 2 is 2.07 bits per heavy atom. The predicted molar refractivity (Wildman–Crippen MR) is 53.6 cm³/mol. The summed E-state index contributed by atoms with van der Waals surface area (Å²) in [7, 11) is 0. The maximum Gasteiger partial charge on any atom is 0.336 e. The number of aromatic carboxylic acids is 1. The highest BCUT2D eigenvalue weighted by molar-refractivity contribution is 5.89. The molecule has 0 amide bonds. The molecule has 0 aliphatic rings. The number of carboxylic acids is 1. The van der Waals surface area contributed by atoms with Gasteiger partial charge in [-0.3, -0.25) is 0 Å². The standard InChI is InChI=1S/C9H10FNO2.ClH/c10-5-8(11)6-3-1-2-4-7(6)9(12)13;/h1-4,8H,5,11H2,(H,12,13);1H/t8-;/m0./s1. The molecule has 0 radical (unpaired) electrons. The summed E-state index contributed by atoms with van der Waals surface area (Å²) in [5.74, 6) is -1.08. The number of hydrogen-bond donors (Lipinski definition) is 2. The van der Waals surface area contributed by atoms with Crippen LogP contribution in [0.25, 0.3) is 0 Å². The molecule has 1 rings (SSSR count). The number of carboxylic acid groups (broad SMARTS) is 1. The Balaban J connectivity index is 0.00000169. The lowest BCUT2D eigenvalue weighted by Crippen LogP contribution is -2.16. The van der Waals surface area contributed by atoms with Crippen LogP contribution in [0.4, 0.5) is 4.39 Å². The van der Waals surface area contributed by atoms with Gasteiger partial charge in [-0.1, -0.05) is 18.2 Å². The zero-order chi connectivity index (χ0) is 9.84. The molecule has 0 saturated carbocycles. The molecule has 3 N–H and O–H groups in total. The highest BCUT2D eigenvalue weighted by atomic mass is 35.5. The summed E-state index contributed by atoms with van der Waals surface area (Å²) in [4.78, 5) is 10.7. The molecule has 78 valence electrons. The lowest BCUT2D eigenvalue weighted by molar-refractivity contribution is 0.0695. The molecule has 0 saturated heterocycles. The van der Waals surface area contributed by atoms with E-state index in [1.807, 2.05) is 0 Å². The van der Waals surface area contributed by atoms with Crippen molar-refractivity contribution < 1.29 is 14.3 Å². The molecule has 1 aromatic carbocycles. The van der Waals surface area contributed by atoms with Crippen molar-refractivity contribution in [2.24, 2.45) is 5.73 Å². The average Bonchev–Trinajstić information content (AvgIpc) is 2.16. The topological polar surface area (TPSA) is 63.3 Å². The van der Waals surface area contributed by atoms with Crippen LogP contribution in [0.1, 0.15) is 22.0 Å². The fraction of sp³-hybridized carbons (Fsp3) is 0.222. The second-order valence-electron chi connectivity index (χ2n) is 2.65. The third kappa shape index (κ3) is 2.68. The molecule has 1 atom stereocenters. The highest BCUT2D eigenvalue weighted by Gasteiger charge is 2.14. The molecule has 5 heteroatoms. The van der Waals surface area contributed by atoms with Gasteiger partial charge in [0, 0.05) is 0 Å². The average molecular weight is 220 g/mol. The van der Waals surface area contributed by atoms with Gasteiger partial charge in [-0.15, -0.1) is 12.4 Å². The molecule has 0 bridgehead atoms. The molecule has 0 aliphatic carbocycles. The van der Waals surface area contributed by atoms with Gasteiger partial charge in [0.2, 0.25) is 0 Å². The van der Waals surface area contributed by atoms with E-state index >= 15 is 0 Å².